The van der Waals surface area contributed by atoms with Crippen LogP contribution >= 0.6 is 0 Å². The van der Waals surface area contributed by atoms with E-state index in [1.165, 1.54) is 0 Å². The number of nitrogens with two attached hydrogens (primary N) is 1. The minimum Gasteiger partial charge on any atom is -0.326 e. The van der Waals surface area contributed by atoms with Gasteiger partial charge in [-0.3, -0.25) is 4.79 Å². The molecule has 1 aromatic rings. The van der Waals surface area contributed by atoms with E-state index in [-0.39, 0.29) is 17.9 Å². The number of nitrogens with one attached hydrogen (secondary N) is 1. The van der Waals surface area contributed by atoms with Crippen molar-refractivity contribution in [1.29, 1.82) is 0 Å². The molecule has 1 atom stereocenters. The molecule has 1 amide bonds. The normalized spacial score (nSPS) is 17.2. The first kappa shape index (κ1) is 10.2. The first-order chi connectivity index (χ1) is 7.18. The van der Waals surface area contributed by atoms with Gasteiger partial charge in [0.2, 0.25) is 5.91 Å². The van der Waals surface area contributed by atoms with Crippen LogP contribution in [-0.2, 0) is 4.79 Å². The van der Waals surface area contributed by atoms with Gasteiger partial charge in [-0.2, -0.15) is 0 Å². The molecule has 0 bridgehead atoms. The van der Waals surface area contributed by atoms with E-state index in [2.05, 4.69) is 5.32 Å². The van der Waals surface area contributed by atoms with Gasteiger partial charge in [-0.1, -0.05) is 18.2 Å². The molecular formula is C12H16N2O. The average molecular weight is 204 g/mol. The van der Waals surface area contributed by atoms with E-state index in [1.807, 2.05) is 31.2 Å². The lowest BCUT2D eigenvalue weighted by molar-refractivity contribution is -0.117. The van der Waals surface area contributed by atoms with Crippen molar-refractivity contribution in [3.05, 3.63) is 29.8 Å². The third-order valence-corrected chi connectivity index (χ3v) is 2.66. The molecule has 0 aliphatic heterocycles. The number of para-hydroxylation sites is 1. The lowest BCUT2D eigenvalue weighted by Crippen LogP contribution is -2.16. The summed E-state index contributed by atoms with van der Waals surface area (Å²) in [6.07, 6.45) is 2.04. The summed E-state index contributed by atoms with van der Waals surface area (Å²) >= 11 is 0. The number of benzene rings is 1. The van der Waals surface area contributed by atoms with Gasteiger partial charge in [-0.05, 0) is 31.4 Å². The maximum Gasteiger partial charge on any atom is 0.227 e. The zero-order valence-corrected chi connectivity index (χ0v) is 8.86. The summed E-state index contributed by atoms with van der Waals surface area (Å²) in [6, 6.07) is 7.65. The number of carbonyl (C=O) groups is 1. The molecule has 1 saturated carbocycles. The van der Waals surface area contributed by atoms with Gasteiger partial charge in [0.15, 0.2) is 0 Å². The van der Waals surface area contributed by atoms with Gasteiger partial charge in [-0.15, -0.1) is 0 Å². The fourth-order valence-corrected chi connectivity index (χ4v) is 1.59. The average Bonchev–Trinajstić information content (AvgIpc) is 3.01. The summed E-state index contributed by atoms with van der Waals surface area (Å²) in [5, 5.41) is 2.93. The van der Waals surface area contributed by atoms with Crippen LogP contribution in [0.15, 0.2) is 24.3 Å². The van der Waals surface area contributed by atoms with Crippen LogP contribution in [0.3, 0.4) is 0 Å². The standard InChI is InChI=1S/C12H16N2O/c1-8(13)10-4-2-3-5-11(10)14-12(15)9-6-7-9/h2-5,8-9H,6-7,13H2,1H3,(H,14,15). The van der Waals surface area contributed by atoms with Crippen LogP contribution < -0.4 is 11.1 Å². The molecule has 3 heteroatoms. The third kappa shape index (κ3) is 2.36. The molecule has 80 valence electrons. The Kier molecular flexibility index (Phi) is 2.73. The smallest absolute Gasteiger partial charge is 0.227 e. The molecule has 0 heterocycles. The van der Waals surface area contributed by atoms with E-state index >= 15 is 0 Å². The second-order valence-corrected chi connectivity index (χ2v) is 4.14. The van der Waals surface area contributed by atoms with E-state index in [9.17, 15) is 4.79 Å². The Bertz CT molecular complexity index is 370. The lowest BCUT2D eigenvalue weighted by Gasteiger charge is -2.13. The Balaban J connectivity index is 2.15. The molecule has 1 aliphatic rings. The van der Waals surface area contributed by atoms with Crippen LogP contribution in [0.4, 0.5) is 5.69 Å². The van der Waals surface area contributed by atoms with Gasteiger partial charge in [-0.25, -0.2) is 0 Å². The van der Waals surface area contributed by atoms with Crippen molar-refractivity contribution in [1.82, 2.24) is 0 Å². The Labute approximate surface area is 89.7 Å². The molecule has 0 spiro atoms. The van der Waals surface area contributed by atoms with Crippen molar-refractivity contribution < 1.29 is 4.79 Å². The first-order valence-electron chi connectivity index (χ1n) is 5.34. The number of anilines is 1. The summed E-state index contributed by atoms with van der Waals surface area (Å²) in [5.74, 6) is 0.356. The van der Waals surface area contributed by atoms with Crippen molar-refractivity contribution in [3.8, 4) is 0 Å². The second-order valence-electron chi connectivity index (χ2n) is 4.14. The molecule has 0 radical (unpaired) electrons. The molecule has 15 heavy (non-hydrogen) atoms. The molecule has 0 saturated heterocycles. The SMILES string of the molecule is CC(N)c1ccccc1NC(=O)C1CC1. The molecule has 0 aromatic heterocycles. The number of hydrogen-bond donors (Lipinski definition) is 2. The van der Waals surface area contributed by atoms with Crippen LogP contribution in [0.2, 0.25) is 0 Å². The first-order valence-corrected chi connectivity index (χ1v) is 5.34. The van der Waals surface area contributed by atoms with E-state index in [0.717, 1.165) is 24.1 Å². The fourth-order valence-electron chi connectivity index (χ4n) is 1.59. The highest BCUT2D eigenvalue weighted by Crippen LogP contribution is 2.31. The van der Waals surface area contributed by atoms with Gasteiger partial charge < -0.3 is 11.1 Å². The van der Waals surface area contributed by atoms with Crippen molar-refractivity contribution in [2.24, 2.45) is 11.7 Å². The summed E-state index contributed by atoms with van der Waals surface area (Å²) in [7, 11) is 0. The molecule has 3 nitrogen and oxygen atoms in total. The number of amides is 1. The highest BCUT2D eigenvalue weighted by Gasteiger charge is 2.29. The molecule has 3 N–H and O–H groups in total. The predicted octanol–water partition coefficient (Wildman–Crippen LogP) is 2.05. The van der Waals surface area contributed by atoms with Crippen molar-refractivity contribution in [3.63, 3.8) is 0 Å². The summed E-state index contributed by atoms with van der Waals surface area (Å²) in [4.78, 5) is 11.6. The van der Waals surface area contributed by atoms with E-state index < -0.39 is 0 Å². The zero-order chi connectivity index (χ0) is 10.8. The maximum absolute atomic E-state index is 11.6. The van der Waals surface area contributed by atoms with Crippen molar-refractivity contribution >= 4 is 11.6 Å². The van der Waals surface area contributed by atoms with Crippen molar-refractivity contribution in [2.45, 2.75) is 25.8 Å². The zero-order valence-electron chi connectivity index (χ0n) is 8.86. The number of rotatable bonds is 3. The summed E-state index contributed by atoms with van der Waals surface area (Å²) < 4.78 is 0. The van der Waals surface area contributed by atoms with E-state index in [4.69, 9.17) is 5.73 Å². The van der Waals surface area contributed by atoms with Gasteiger partial charge in [0.25, 0.3) is 0 Å². The second kappa shape index (κ2) is 4.03. The van der Waals surface area contributed by atoms with E-state index in [0.29, 0.717) is 0 Å². The number of carbonyl (C=O) groups excluding carboxylic acids is 1. The topological polar surface area (TPSA) is 55.1 Å². The Morgan fingerprint density at radius 1 is 1.47 bits per heavy atom. The monoisotopic (exact) mass is 204 g/mol. The van der Waals surface area contributed by atoms with Crippen LogP contribution in [0.5, 0.6) is 0 Å². The molecule has 1 unspecified atom stereocenters. The van der Waals surface area contributed by atoms with Gasteiger partial charge in [0, 0.05) is 17.6 Å². The van der Waals surface area contributed by atoms with Crippen LogP contribution in [0.1, 0.15) is 31.4 Å². The van der Waals surface area contributed by atoms with Crippen molar-refractivity contribution in [2.75, 3.05) is 5.32 Å². The van der Waals surface area contributed by atoms with Gasteiger partial charge in [0.05, 0.1) is 0 Å². The van der Waals surface area contributed by atoms with Gasteiger partial charge >= 0.3 is 0 Å². The maximum atomic E-state index is 11.6. The highest BCUT2D eigenvalue weighted by atomic mass is 16.2. The minimum absolute atomic E-state index is 0.0549. The van der Waals surface area contributed by atoms with Crippen LogP contribution in [0.25, 0.3) is 0 Å². The third-order valence-electron chi connectivity index (χ3n) is 2.66. The lowest BCUT2D eigenvalue weighted by atomic mass is 10.1. The van der Waals surface area contributed by atoms with E-state index in [1.54, 1.807) is 0 Å². The Hall–Kier alpha value is -1.35. The van der Waals surface area contributed by atoms with Gasteiger partial charge in [0.1, 0.15) is 0 Å². The molecular weight excluding hydrogens is 188 g/mol. The fraction of sp³-hybridized carbons (Fsp3) is 0.417. The Morgan fingerprint density at radius 3 is 2.73 bits per heavy atom. The summed E-state index contributed by atoms with van der Waals surface area (Å²) in [6.45, 7) is 1.92. The minimum atomic E-state index is -0.0549. The van der Waals surface area contributed by atoms with Crippen LogP contribution in [-0.4, -0.2) is 5.91 Å². The largest absolute Gasteiger partial charge is 0.326 e. The van der Waals surface area contributed by atoms with Crippen LogP contribution in [0, 0.1) is 5.92 Å². The predicted molar refractivity (Wildman–Crippen MR) is 60.4 cm³/mol. The molecule has 2 rings (SSSR count). The molecule has 1 fully saturated rings. The number of hydrogen-bond acceptors (Lipinski definition) is 2. The Morgan fingerprint density at radius 2 is 2.13 bits per heavy atom. The quantitative estimate of drug-likeness (QED) is 0.791. The summed E-state index contributed by atoms with van der Waals surface area (Å²) in [5.41, 5.74) is 7.67. The molecule has 1 aromatic carbocycles. The highest BCUT2D eigenvalue weighted by molar-refractivity contribution is 5.94. The molecule has 1 aliphatic carbocycles.